The number of rotatable bonds is 5. The van der Waals surface area contributed by atoms with Crippen molar-refractivity contribution < 1.29 is 0 Å². The van der Waals surface area contributed by atoms with Crippen LogP contribution >= 0.6 is 40.7 Å². The van der Waals surface area contributed by atoms with E-state index in [1.54, 1.807) is 0 Å². The van der Waals surface area contributed by atoms with Crippen molar-refractivity contribution in [2.24, 2.45) is 0 Å². The summed E-state index contributed by atoms with van der Waals surface area (Å²) in [6, 6.07) is 9.46. The molecule has 1 N–H and O–H groups in total. The molecule has 1 aromatic rings. The van der Waals surface area contributed by atoms with Gasteiger partial charge in [0.25, 0.3) is 0 Å². The fourth-order valence-electron chi connectivity index (χ4n) is 2.64. The Bertz CT molecular complexity index is 353. The first-order chi connectivity index (χ1) is 8.81. The van der Waals surface area contributed by atoms with E-state index < -0.39 is 0 Å². The van der Waals surface area contributed by atoms with Crippen molar-refractivity contribution in [2.75, 3.05) is 26.2 Å². The number of halogens is 3. The molecule has 1 atom stereocenters. The Labute approximate surface area is 143 Å². The van der Waals surface area contributed by atoms with E-state index in [0.717, 1.165) is 13.1 Å². The molecule has 0 bridgehead atoms. The second-order valence-corrected chi connectivity index (χ2v) is 5.91. The minimum atomic E-state index is 0. The zero-order valence-corrected chi connectivity index (χ0v) is 15.2. The highest BCUT2D eigenvalue weighted by molar-refractivity contribution is 9.10. The Morgan fingerprint density at radius 1 is 1.15 bits per heavy atom. The molecule has 1 aromatic carbocycles. The summed E-state index contributed by atoms with van der Waals surface area (Å²) in [5.74, 6) is 0. The van der Waals surface area contributed by atoms with Crippen LogP contribution in [0.5, 0.6) is 0 Å². The summed E-state index contributed by atoms with van der Waals surface area (Å²) in [5.41, 5.74) is 1.47. The van der Waals surface area contributed by atoms with Gasteiger partial charge in [-0.25, -0.2) is 0 Å². The normalized spacial score (nSPS) is 16.9. The number of hydrogen-bond donors (Lipinski definition) is 1. The molecule has 0 amide bonds. The SMILES string of the molecule is CCCC[C@@H](c1ccc(Br)cc1)N1CCNCC1.Cl.Cl. The van der Waals surface area contributed by atoms with Crippen LogP contribution in [0.4, 0.5) is 0 Å². The first-order valence-corrected chi connectivity index (χ1v) is 7.81. The number of piperazine rings is 1. The van der Waals surface area contributed by atoms with Gasteiger partial charge in [-0.15, -0.1) is 24.8 Å². The summed E-state index contributed by atoms with van der Waals surface area (Å²) in [7, 11) is 0. The molecule has 0 radical (unpaired) electrons. The summed E-state index contributed by atoms with van der Waals surface area (Å²) < 4.78 is 1.17. The van der Waals surface area contributed by atoms with Crippen LogP contribution in [0.3, 0.4) is 0 Å². The largest absolute Gasteiger partial charge is 0.314 e. The van der Waals surface area contributed by atoms with Crippen LogP contribution in [-0.2, 0) is 0 Å². The van der Waals surface area contributed by atoms with Gasteiger partial charge >= 0.3 is 0 Å². The molecule has 5 heteroatoms. The third kappa shape index (κ3) is 5.90. The summed E-state index contributed by atoms with van der Waals surface area (Å²) in [6.07, 6.45) is 3.86. The number of unbranched alkanes of at least 4 members (excludes halogenated alkanes) is 1. The highest BCUT2D eigenvalue weighted by Gasteiger charge is 2.21. The van der Waals surface area contributed by atoms with E-state index in [0.29, 0.717) is 6.04 Å². The second kappa shape index (κ2) is 10.9. The zero-order valence-electron chi connectivity index (χ0n) is 12.0. The third-order valence-corrected chi connectivity index (χ3v) is 4.21. The van der Waals surface area contributed by atoms with Gasteiger partial charge in [-0.05, 0) is 24.1 Å². The van der Waals surface area contributed by atoms with Gasteiger partial charge in [0.05, 0.1) is 0 Å². The average Bonchev–Trinajstić information content (AvgIpc) is 2.42. The molecule has 2 nitrogen and oxygen atoms in total. The van der Waals surface area contributed by atoms with E-state index in [-0.39, 0.29) is 24.8 Å². The Balaban J connectivity index is 0.00000180. The predicted molar refractivity (Wildman–Crippen MR) is 95.3 cm³/mol. The molecule has 0 aliphatic carbocycles. The lowest BCUT2D eigenvalue weighted by molar-refractivity contribution is 0.163. The smallest absolute Gasteiger partial charge is 0.0349 e. The Kier molecular flexibility index (Phi) is 11.0. The van der Waals surface area contributed by atoms with Gasteiger partial charge in [-0.1, -0.05) is 47.8 Å². The highest BCUT2D eigenvalue weighted by atomic mass is 79.9. The maximum atomic E-state index is 3.52. The predicted octanol–water partition coefficient (Wildman–Crippen LogP) is 4.43. The fourth-order valence-corrected chi connectivity index (χ4v) is 2.90. The van der Waals surface area contributed by atoms with Crippen LogP contribution in [-0.4, -0.2) is 31.1 Å². The van der Waals surface area contributed by atoms with Crippen molar-refractivity contribution in [1.29, 1.82) is 0 Å². The van der Waals surface area contributed by atoms with Crippen molar-refractivity contribution in [3.8, 4) is 0 Å². The van der Waals surface area contributed by atoms with Crippen LogP contribution in [0.1, 0.15) is 37.8 Å². The lowest BCUT2D eigenvalue weighted by Crippen LogP contribution is -2.45. The molecule has 1 heterocycles. The average molecular weight is 384 g/mol. The van der Waals surface area contributed by atoms with E-state index in [2.05, 4.69) is 57.3 Å². The van der Waals surface area contributed by atoms with Crippen LogP contribution < -0.4 is 5.32 Å². The molecule has 0 unspecified atom stereocenters. The lowest BCUT2D eigenvalue weighted by atomic mass is 9.99. The molecule has 1 aliphatic rings. The maximum Gasteiger partial charge on any atom is 0.0349 e. The van der Waals surface area contributed by atoms with E-state index in [1.807, 2.05) is 0 Å². The van der Waals surface area contributed by atoms with Crippen LogP contribution in [0.25, 0.3) is 0 Å². The van der Waals surface area contributed by atoms with Crippen molar-refractivity contribution in [3.05, 3.63) is 34.3 Å². The van der Waals surface area contributed by atoms with Crippen molar-refractivity contribution in [3.63, 3.8) is 0 Å². The van der Waals surface area contributed by atoms with Gasteiger partial charge in [0.15, 0.2) is 0 Å². The van der Waals surface area contributed by atoms with Gasteiger partial charge in [0.2, 0.25) is 0 Å². The monoisotopic (exact) mass is 382 g/mol. The number of nitrogens with one attached hydrogen (secondary N) is 1. The van der Waals surface area contributed by atoms with Gasteiger partial charge in [0, 0.05) is 36.7 Å². The van der Waals surface area contributed by atoms with Crippen molar-refractivity contribution in [2.45, 2.75) is 32.2 Å². The highest BCUT2D eigenvalue weighted by Crippen LogP contribution is 2.27. The molecule has 0 spiro atoms. The molecular weight excluding hydrogens is 359 g/mol. The topological polar surface area (TPSA) is 15.3 Å². The molecule has 0 aromatic heterocycles. The van der Waals surface area contributed by atoms with E-state index in [4.69, 9.17) is 0 Å². The molecule has 1 saturated heterocycles. The Morgan fingerprint density at radius 3 is 2.30 bits per heavy atom. The second-order valence-electron chi connectivity index (χ2n) is 5.00. The minimum absolute atomic E-state index is 0. The summed E-state index contributed by atoms with van der Waals surface area (Å²) in [4.78, 5) is 2.63. The lowest BCUT2D eigenvalue weighted by Gasteiger charge is -2.35. The minimum Gasteiger partial charge on any atom is -0.314 e. The Morgan fingerprint density at radius 2 is 1.75 bits per heavy atom. The molecule has 20 heavy (non-hydrogen) atoms. The molecule has 0 saturated carbocycles. The van der Waals surface area contributed by atoms with Gasteiger partial charge in [0.1, 0.15) is 0 Å². The van der Waals surface area contributed by atoms with Crippen molar-refractivity contribution in [1.82, 2.24) is 10.2 Å². The third-order valence-electron chi connectivity index (χ3n) is 3.68. The first-order valence-electron chi connectivity index (χ1n) is 7.01. The number of nitrogens with zero attached hydrogens (tertiary/aromatic N) is 1. The summed E-state index contributed by atoms with van der Waals surface area (Å²) in [5, 5.41) is 3.44. The first kappa shape index (κ1) is 20.2. The summed E-state index contributed by atoms with van der Waals surface area (Å²) in [6.45, 7) is 6.86. The number of hydrogen-bond acceptors (Lipinski definition) is 2. The van der Waals surface area contributed by atoms with Crippen molar-refractivity contribution >= 4 is 40.7 Å². The summed E-state index contributed by atoms with van der Waals surface area (Å²) >= 11 is 3.52. The fraction of sp³-hybridized carbons (Fsp3) is 0.600. The van der Waals surface area contributed by atoms with E-state index in [9.17, 15) is 0 Å². The quantitative estimate of drug-likeness (QED) is 0.808. The van der Waals surface area contributed by atoms with E-state index in [1.165, 1.54) is 42.4 Å². The number of benzene rings is 1. The maximum absolute atomic E-state index is 3.52. The Hall–Kier alpha value is 0.200. The van der Waals surface area contributed by atoms with Crippen LogP contribution in [0.15, 0.2) is 28.7 Å². The molecule has 116 valence electrons. The van der Waals surface area contributed by atoms with Gasteiger partial charge in [-0.2, -0.15) is 0 Å². The zero-order chi connectivity index (χ0) is 12.8. The van der Waals surface area contributed by atoms with Crippen LogP contribution in [0.2, 0.25) is 0 Å². The molecule has 1 fully saturated rings. The van der Waals surface area contributed by atoms with E-state index >= 15 is 0 Å². The standard InChI is InChI=1S/C15H23BrN2.2ClH/c1-2-3-4-15(18-11-9-17-10-12-18)13-5-7-14(16)8-6-13;;/h5-8,15,17H,2-4,9-12H2,1H3;2*1H/t15-;;/m0../s1. The molecule has 2 rings (SSSR count). The molecular formula is C15H25BrCl2N2. The van der Waals surface area contributed by atoms with Crippen LogP contribution in [0, 0.1) is 0 Å². The van der Waals surface area contributed by atoms with Gasteiger partial charge in [-0.3, -0.25) is 4.90 Å². The van der Waals surface area contributed by atoms with Gasteiger partial charge < -0.3 is 5.32 Å². The molecule has 1 aliphatic heterocycles.